The molecule has 1 fully saturated rings. The van der Waals surface area contributed by atoms with Crippen LogP contribution in [-0.2, 0) is 11.2 Å². The van der Waals surface area contributed by atoms with Gasteiger partial charge in [-0.2, -0.15) is 0 Å². The third kappa shape index (κ3) is 3.95. The van der Waals surface area contributed by atoms with E-state index in [4.69, 9.17) is 4.74 Å². The zero-order chi connectivity index (χ0) is 20.4. The van der Waals surface area contributed by atoms with Crippen LogP contribution in [0.2, 0.25) is 0 Å². The standard InChI is InChI=1S/C21H25N5O2S/c1-4-6-18-24-13(2)19(29-18)21(27)26-12-15(28-3)9-17(26)20-23-11-16(25-20)14-7-5-8-22-10-14/h5,7-8,10-11,15,17H,4,6,9,12H2,1-3H3,(H,23,25). The number of aromatic nitrogens is 4. The second-order valence-electron chi connectivity index (χ2n) is 7.26. The number of pyridine rings is 1. The van der Waals surface area contributed by atoms with E-state index >= 15 is 0 Å². The average Bonchev–Trinajstić information content (AvgIpc) is 3.46. The van der Waals surface area contributed by atoms with Crippen LogP contribution in [0.25, 0.3) is 11.3 Å². The van der Waals surface area contributed by atoms with Crippen LogP contribution in [0.4, 0.5) is 0 Å². The van der Waals surface area contributed by atoms with Crippen LogP contribution in [0.3, 0.4) is 0 Å². The maximum absolute atomic E-state index is 13.4. The number of carbonyl (C=O) groups excluding carboxylic acids is 1. The molecule has 29 heavy (non-hydrogen) atoms. The van der Waals surface area contributed by atoms with Gasteiger partial charge in [-0.25, -0.2) is 9.97 Å². The van der Waals surface area contributed by atoms with Crippen molar-refractivity contribution in [3.63, 3.8) is 0 Å². The summed E-state index contributed by atoms with van der Waals surface area (Å²) in [5.74, 6) is 0.777. The molecule has 152 valence electrons. The summed E-state index contributed by atoms with van der Waals surface area (Å²) in [6.45, 7) is 4.58. The first-order valence-corrected chi connectivity index (χ1v) is 10.7. The first-order valence-electron chi connectivity index (χ1n) is 9.86. The minimum atomic E-state index is -0.158. The fourth-order valence-corrected chi connectivity index (χ4v) is 4.85. The van der Waals surface area contributed by atoms with E-state index in [1.54, 1.807) is 25.7 Å². The summed E-state index contributed by atoms with van der Waals surface area (Å²) in [6.07, 6.45) is 7.94. The number of H-pyrrole nitrogens is 1. The molecule has 4 rings (SSSR count). The number of carbonyl (C=O) groups is 1. The summed E-state index contributed by atoms with van der Waals surface area (Å²) >= 11 is 1.51. The Labute approximate surface area is 174 Å². The third-order valence-electron chi connectivity index (χ3n) is 5.24. The number of rotatable bonds is 6. The van der Waals surface area contributed by atoms with E-state index in [0.717, 1.165) is 40.6 Å². The van der Waals surface area contributed by atoms with E-state index in [1.807, 2.05) is 24.0 Å². The second-order valence-corrected chi connectivity index (χ2v) is 8.35. The molecule has 4 heterocycles. The normalized spacial score (nSPS) is 19.1. The molecule has 8 heteroatoms. The van der Waals surface area contributed by atoms with Gasteiger partial charge in [-0.05, 0) is 31.9 Å². The van der Waals surface area contributed by atoms with Crippen molar-refractivity contribution in [2.45, 2.75) is 45.3 Å². The van der Waals surface area contributed by atoms with Crippen LogP contribution in [0.15, 0.2) is 30.7 Å². The van der Waals surface area contributed by atoms with Gasteiger partial charge in [-0.1, -0.05) is 6.92 Å². The monoisotopic (exact) mass is 411 g/mol. The lowest BCUT2D eigenvalue weighted by Gasteiger charge is -2.22. The smallest absolute Gasteiger partial charge is 0.266 e. The van der Waals surface area contributed by atoms with Crippen molar-refractivity contribution in [3.05, 3.63) is 52.1 Å². The first kappa shape index (κ1) is 19.7. The number of likely N-dealkylation sites (tertiary alicyclic amines) is 1. The molecule has 3 aromatic heterocycles. The highest BCUT2D eigenvalue weighted by molar-refractivity contribution is 7.13. The Balaban J connectivity index is 1.62. The van der Waals surface area contributed by atoms with Crippen molar-refractivity contribution >= 4 is 17.2 Å². The highest BCUT2D eigenvalue weighted by Gasteiger charge is 2.39. The van der Waals surface area contributed by atoms with E-state index < -0.39 is 0 Å². The number of nitrogens with one attached hydrogen (secondary N) is 1. The van der Waals surface area contributed by atoms with Crippen LogP contribution in [0, 0.1) is 6.92 Å². The third-order valence-corrected chi connectivity index (χ3v) is 6.44. The molecule has 1 amide bonds. The van der Waals surface area contributed by atoms with Crippen molar-refractivity contribution in [1.82, 2.24) is 24.8 Å². The predicted molar refractivity (Wildman–Crippen MR) is 112 cm³/mol. The van der Waals surface area contributed by atoms with E-state index in [1.165, 1.54) is 11.3 Å². The largest absolute Gasteiger partial charge is 0.380 e. The molecule has 1 aliphatic rings. The quantitative estimate of drug-likeness (QED) is 0.667. The maximum Gasteiger partial charge on any atom is 0.266 e. The molecule has 0 saturated carbocycles. The number of hydrogen-bond acceptors (Lipinski definition) is 6. The summed E-state index contributed by atoms with van der Waals surface area (Å²) in [5, 5.41) is 1.02. The SMILES string of the molecule is CCCc1nc(C)c(C(=O)N2CC(OC)CC2c2ncc(-c3cccnc3)[nH]2)s1. The van der Waals surface area contributed by atoms with Gasteiger partial charge in [0.2, 0.25) is 0 Å². The van der Waals surface area contributed by atoms with Crippen LogP contribution in [0.5, 0.6) is 0 Å². The molecule has 2 atom stereocenters. The Hall–Kier alpha value is -2.58. The van der Waals surface area contributed by atoms with E-state index in [2.05, 4.69) is 26.9 Å². The van der Waals surface area contributed by atoms with Crippen molar-refractivity contribution in [3.8, 4) is 11.3 Å². The Morgan fingerprint density at radius 1 is 1.41 bits per heavy atom. The molecular formula is C21H25N5O2S. The fourth-order valence-electron chi connectivity index (χ4n) is 3.73. The molecular weight excluding hydrogens is 386 g/mol. The van der Waals surface area contributed by atoms with Gasteiger partial charge in [0.05, 0.1) is 34.7 Å². The molecule has 0 spiro atoms. The molecule has 1 aliphatic heterocycles. The lowest BCUT2D eigenvalue weighted by atomic mass is 10.2. The predicted octanol–water partition coefficient (Wildman–Crippen LogP) is 3.79. The Bertz CT molecular complexity index is 984. The number of amides is 1. The summed E-state index contributed by atoms with van der Waals surface area (Å²) in [5.41, 5.74) is 2.66. The lowest BCUT2D eigenvalue weighted by molar-refractivity contribution is 0.0688. The van der Waals surface area contributed by atoms with Gasteiger partial charge in [-0.3, -0.25) is 9.78 Å². The number of hydrogen-bond donors (Lipinski definition) is 1. The van der Waals surface area contributed by atoms with Gasteiger partial charge in [0.15, 0.2) is 0 Å². The second kappa shape index (κ2) is 8.42. The molecule has 2 unspecified atom stereocenters. The molecule has 1 saturated heterocycles. The van der Waals surface area contributed by atoms with E-state index in [0.29, 0.717) is 17.8 Å². The number of methoxy groups -OCH3 is 1. The van der Waals surface area contributed by atoms with E-state index in [9.17, 15) is 4.79 Å². The summed E-state index contributed by atoms with van der Waals surface area (Å²) in [4.78, 5) is 32.7. The molecule has 0 aliphatic carbocycles. The minimum absolute atomic E-state index is 0.00577. The Kier molecular flexibility index (Phi) is 5.73. The van der Waals surface area contributed by atoms with Crippen LogP contribution in [-0.4, -0.2) is 50.5 Å². The van der Waals surface area contributed by atoms with Crippen molar-refractivity contribution in [1.29, 1.82) is 0 Å². The number of aryl methyl sites for hydroxylation is 2. The number of thiazole rings is 1. The lowest BCUT2D eigenvalue weighted by Crippen LogP contribution is -2.32. The van der Waals surface area contributed by atoms with Gasteiger partial charge in [0.25, 0.3) is 5.91 Å². The van der Waals surface area contributed by atoms with Gasteiger partial charge >= 0.3 is 0 Å². The highest BCUT2D eigenvalue weighted by Crippen LogP contribution is 2.35. The number of ether oxygens (including phenoxy) is 1. The Morgan fingerprint density at radius 3 is 3.00 bits per heavy atom. The van der Waals surface area contributed by atoms with Gasteiger partial charge < -0.3 is 14.6 Å². The summed E-state index contributed by atoms with van der Waals surface area (Å²) < 4.78 is 5.59. The topological polar surface area (TPSA) is 84.0 Å². The maximum atomic E-state index is 13.4. The van der Waals surface area contributed by atoms with Crippen molar-refractivity contribution in [2.24, 2.45) is 0 Å². The zero-order valence-electron chi connectivity index (χ0n) is 16.9. The van der Waals surface area contributed by atoms with Crippen molar-refractivity contribution < 1.29 is 9.53 Å². The average molecular weight is 412 g/mol. The molecule has 0 bridgehead atoms. The van der Waals surface area contributed by atoms with Crippen LogP contribution < -0.4 is 0 Å². The molecule has 1 N–H and O–H groups in total. The highest BCUT2D eigenvalue weighted by atomic mass is 32.1. The number of imidazole rings is 1. The summed E-state index contributed by atoms with van der Waals surface area (Å²) in [6, 6.07) is 3.72. The van der Waals surface area contributed by atoms with Crippen LogP contribution in [0.1, 0.15) is 52.0 Å². The van der Waals surface area contributed by atoms with Gasteiger partial charge in [0, 0.05) is 38.0 Å². The van der Waals surface area contributed by atoms with Crippen LogP contribution >= 0.6 is 11.3 Å². The van der Waals surface area contributed by atoms with Gasteiger partial charge in [-0.15, -0.1) is 11.3 Å². The Morgan fingerprint density at radius 2 is 2.28 bits per heavy atom. The molecule has 3 aromatic rings. The molecule has 7 nitrogen and oxygen atoms in total. The van der Waals surface area contributed by atoms with E-state index in [-0.39, 0.29) is 18.1 Å². The summed E-state index contributed by atoms with van der Waals surface area (Å²) in [7, 11) is 1.69. The van der Waals surface area contributed by atoms with Crippen molar-refractivity contribution in [2.75, 3.05) is 13.7 Å². The fraction of sp³-hybridized carbons (Fsp3) is 0.429. The first-order chi connectivity index (χ1) is 14.1. The molecule has 0 radical (unpaired) electrons. The molecule has 0 aromatic carbocycles. The zero-order valence-corrected chi connectivity index (χ0v) is 17.7. The number of aromatic amines is 1. The number of nitrogens with zero attached hydrogens (tertiary/aromatic N) is 4. The van der Waals surface area contributed by atoms with Gasteiger partial charge in [0.1, 0.15) is 10.7 Å². The minimum Gasteiger partial charge on any atom is -0.380 e.